The van der Waals surface area contributed by atoms with Crippen molar-refractivity contribution in [2.75, 3.05) is 12.4 Å². The molecule has 3 nitrogen and oxygen atoms in total. The zero-order valence-corrected chi connectivity index (χ0v) is 17.8. The van der Waals surface area contributed by atoms with E-state index in [9.17, 15) is 0 Å². The van der Waals surface area contributed by atoms with Crippen LogP contribution in [0.25, 0.3) is 0 Å². The monoisotopic (exact) mass is 435 g/mol. The molecular weight excluding hydrogens is 417 g/mol. The van der Waals surface area contributed by atoms with E-state index in [0.29, 0.717) is 39.7 Å². The molecule has 1 N–H and O–H groups in total. The van der Waals surface area contributed by atoms with E-state index < -0.39 is 0 Å². The minimum Gasteiger partial charge on any atom is -0.493 e. The van der Waals surface area contributed by atoms with Crippen LogP contribution in [0.4, 0.5) is 5.69 Å². The summed E-state index contributed by atoms with van der Waals surface area (Å²) in [6, 6.07) is 17.2. The van der Waals surface area contributed by atoms with Crippen LogP contribution in [-0.2, 0) is 13.2 Å². The summed E-state index contributed by atoms with van der Waals surface area (Å²) in [7, 11) is 1.60. The van der Waals surface area contributed by atoms with Crippen molar-refractivity contribution >= 4 is 40.5 Å². The maximum absolute atomic E-state index is 6.47. The topological polar surface area (TPSA) is 30.5 Å². The van der Waals surface area contributed by atoms with Crippen molar-refractivity contribution in [2.45, 2.75) is 20.1 Å². The molecule has 0 bridgehead atoms. The van der Waals surface area contributed by atoms with E-state index in [2.05, 4.69) is 11.4 Å². The molecule has 146 valence electrons. The largest absolute Gasteiger partial charge is 0.493 e. The smallest absolute Gasteiger partial charge is 0.180 e. The number of anilines is 1. The molecule has 0 atom stereocenters. The lowest BCUT2D eigenvalue weighted by atomic mass is 10.1. The molecule has 3 aromatic rings. The number of ether oxygens (including phenoxy) is 2. The lowest BCUT2D eigenvalue weighted by Gasteiger charge is -2.15. The first-order valence-corrected chi connectivity index (χ1v) is 9.82. The molecule has 6 heteroatoms. The molecule has 0 fully saturated rings. The SMILES string of the molecule is COc1cc(CNc2cc(Cl)cc(Cl)c2)cc(Cl)c1OCc1cccc(C)c1. The molecule has 28 heavy (non-hydrogen) atoms. The van der Waals surface area contributed by atoms with E-state index in [-0.39, 0.29) is 0 Å². The van der Waals surface area contributed by atoms with Crippen molar-refractivity contribution in [2.24, 2.45) is 0 Å². The molecule has 0 aliphatic rings. The summed E-state index contributed by atoms with van der Waals surface area (Å²) in [5, 5.41) is 4.92. The molecule has 0 amide bonds. The Kier molecular flexibility index (Phi) is 6.95. The highest BCUT2D eigenvalue weighted by Crippen LogP contribution is 2.37. The summed E-state index contributed by atoms with van der Waals surface area (Å²) in [6.45, 7) is 2.99. The van der Waals surface area contributed by atoms with Crippen molar-refractivity contribution in [3.63, 3.8) is 0 Å². The molecule has 3 aromatic carbocycles. The molecule has 0 unspecified atom stereocenters. The Hall–Kier alpha value is -2.07. The summed E-state index contributed by atoms with van der Waals surface area (Å²) in [5.74, 6) is 1.11. The van der Waals surface area contributed by atoms with E-state index in [4.69, 9.17) is 44.3 Å². The number of aryl methyl sites for hydroxylation is 1. The summed E-state index contributed by atoms with van der Waals surface area (Å²) >= 11 is 18.5. The average molecular weight is 437 g/mol. The van der Waals surface area contributed by atoms with Gasteiger partial charge in [-0.05, 0) is 48.4 Å². The van der Waals surface area contributed by atoms with Crippen molar-refractivity contribution < 1.29 is 9.47 Å². The maximum Gasteiger partial charge on any atom is 0.180 e. The standard InChI is InChI=1S/C22H20Cl3NO2/c1-14-4-3-5-15(6-14)13-28-22-20(25)7-16(8-21(22)27-2)12-26-19-10-17(23)9-18(24)11-19/h3-11,26H,12-13H2,1-2H3. The predicted molar refractivity (Wildman–Crippen MR) is 117 cm³/mol. The van der Waals surface area contributed by atoms with Crippen LogP contribution in [0.2, 0.25) is 15.1 Å². The predicted octanol–water partition coefficient (Wildman–Crippen LogP) is 7.15. The molecular formula is C22H20Cl3NO2. The third kappa shape index (κ3) is 5.48. The minimum absolute atomic E-state index is 0.413. The van der Waals surface area contributed by atoms with Crippen molar-refractivity contribution in [3.05, 3.63) is 86.4 Å². The zero-order chi connectivity index (χ0) is 20.1. The number of hydrogen-bond acceptors (Lipinski definition) is 3. The Morgan fingerprint density at radius 2 is 1.64 bits per heavy atom. The molecule has 0 spiro atoms. The second-order valence-electron chi connectivity index (χ2n) is 6.40. The Balaban J connectivity index is 1.73. The van der Waals surface area contributed by atoms with Gasteiger partial charge in [-0.25, -0.2) is 0 Å². The van der Waals surface area contributed by atoms with Crippen LogP contribution in [0.1, 0.15) is 16.7 Å². The molecule has 0 aromatic heterocycles. The number of benzene rings is 3. The molecule has 0 saturated carbocycles. The van der Waals surface area contributed by atoms with Crippen molar-refractivity contribution in [1.29, 1.82) is 0 Å². The first-order chi connectivity index (χ1) is 13.4. The van der Waals surface area contributed by atoms with Crippen LogP contribution in [-0.4, -0.2) is 7.11 Å². The molecule has 0 radical (unpaired) electrons. The van der Waals surface area contributed by atoms with Crippen LogP contribution in [0.15, 0.2) is 54.6 Å². The average Bonchev–Trinajstić information content (AvgIpc) is 2.64. The third-order valence-electron chi connectivity index (χ3n) is 4.11. The highest BCUT2D eigenvalue weighted by molar-refractivity contribution is 6.35. The van der Waals surface area contributed by atoms with Gasteiger partial charge >= 0.3 is 0 Å². The van der Waals surface area contributed by atoms with Gasteiger partial charge in [0.2, 0.25) is 0 Å². The minimum atomic E-state index is 0.413. The van der Waals surface area contributed by atoms with E-state index in [0.717, 1.165) is 16.8 Å². The second-order valence-corrected chi connectivity index (χ2v) is 7.68. The summed E-state index contributed by atoms with van der Waals surface area (Å²) in [4.78, 5) is 0. The molecule has 3 rings (SSSR count). The van der Waals surface area contributed by atoms with E-state index >= 15 is 0 Å². The Bertz CT molecular complexity index is 956. The number of halogens is 3. The van der Waals surface area contributed by atoms with Crippen LogP contribution in [0.5, 0.6) is 11.5 Å². The summed E-state index contributed by atoms with van der Waals surface area (Å²) in [5.41, 5.74) is 4.02. The van der Waals surface area contributed by atoms with Crippen LogP contribution < -0.4 is 14.8 Å². The molecule has 0 heterocycles. The van der Waals surface area contributed by atoms with Gasteiger partial charge < -0.3 is 14.8 Å². The molecule has 0 saturated heterocycles. The number of rotatable bonds is 7. The van der Waals surface area contributed by atoms with Gasteiger partial charge in [0.05, 0.1) is 12.1 Å². The van der Waals surface area contributed by atoms with Crippen molar-refractivity contribution in [3.8, 4) is 11.5 Å². The first-order valence-electron chi connectivity index (χ1n) is 8.69. The molecule has 0 aliphatic heterocycles. The van der Waals surface area contributed by atoms with Crippen LogP contribution in [0, 0.1) is 6.92 Å². The highest BCUT2D eigenvalue weighted by Gasteiger charge is 2.13. The Morgan fingerprint density at radius 3 is 2.32 bits per heavy atom. The fourth-order valence-electron chi connectivity index (χ4n) is 2.83. The fourth-order valence-corrected chi connectivity index (χ4v) is 3.65. The lowest BCUT2D eigenvalue weighted by molar-refractivity contribution is 0.284. The Labute approximate surface area is 180 Å². The van der Waals surface area contributed by atoms with E-state index in [1.54, 1.807) is 13.2 Å². The van der Waals surface area contributed by atoms with E-state index in [1.165, 1.54) is 5.56 Å². The van der Waals surface area contributed by atoms with Gasteiger partial charge in [0.1, 0.15) is 6.61 Å². The second kappa shape index (κ2) is 9.42. The number of nitrogens with one attached hydrogen (secondary N) is 1. The van der Waals surface area contributed by atoms with E-state index in [1.807, 2.05) is 49.4 Å². The zero-order valence-electron chi connectivity index (χ0n) is 15.6. The van der Waals surface area contributed by atoms with Gasteiger partial charge in [-0.3, -0.25) is 0 Å². The van der Waals surface area contributed by atoms with Crippen molar-refractivity contribution in [1.82, 2.24) is 0 Å². The van der Waals surface area contributed by atoms with Crippen LogP contribution in [0.3, 0.4) is 0 Å². The quantitative estimate of drug-likeness (QED) is 0.426. The van der Waals surface area contributed by atoms with Gasteiger partial charge in [0.25, 0.3) is 0 Å². The van der Waals surface area contributed by atoms with Gasteiger partial charge in [-0.15, -0.1) is 0 Å². The first kappa shape index (κ1) is 20.7. The lowest BCUT2D eigenvalue weighted by Crippen LogP contribution is -2.03. The number of hydrogen-bond donors (Lipinski definition) is 1. The number of methoxy groups -OCH3 is 1. The van der Waals surface area contributed by atoms with Gasteiger partial charge in [0, 0.05) is 22.3 Å². The fraction of sp³-hybridized carbons (Fsp3) is 0.182. The summed E-state index contributed by atoms with van der Waals surface area (Å²) < 4.78 is 11.4. The highest BCUT2D eigenvalue weighted by atomic mass is 35.5. The van der Waals surface area contributed by atoms with Crippen LogP contribution >= 0.6 is 34.8 Å². The summed E-state index contributed by atoms with van der Waals surface area (Å²) in [6.07, 6.45) is 0. The Morgan fingerprint density at radius 1 is 0.893 bits per heavy atom. The molecule has 0 aliphatic carbocycles. The van der Waals surface area contributed by atoms with Gasteiger partial charge in [-0.1, -0.05) is 64.6 Å². The van der Waals surface area contributed by atoms with Gasteiger partial charge in [-0.2, -0.15) is 0 Å². The van der Waals surface area contributed by atoms with Gasteiger partial charge in [0.15, 0.2) is 11.5 Å². The maximum atomic E-state index is 6.47. The normalized spacial score (nSPS) is 10.6. The third-order valence-corrected chi connectivity index (χ3v) is 4.83.